The molecule has 0 fully saturated rings. The number of ether oxygens (including phenoxy) is 2. The molecule has 2 N–H and O–H groups in total. The van der Waals surface area contributed by atoms with Gasteiger partial charge in [-0.1, -0.05) is 0 Å². The first kappa shape index (κ1) is 8.88. The van der Waals surface area contributed by atoms with Crippen molar-refractivity contribution < 1.29 is 9.47 Å². The second kappa shape index (κ2) is 7.88. The summed E-state index contributed by atoms with van der Waals surface area (Å²) in [5.74, 6) is 0. The molecule has 0 amide bonds. The maximum absolute atomic E-state index is 5.05. The Morgan fingerprint density at radius 2 is 2.00 bits per heavy atom. The van der Waals surface area contributed by atoms with Crippen LogP contribution in [0.15, 0.2) is 0 Å². The number of hydrogen-bond acceptors (Lipinski definition) is 3. The van der Waals surface area contributed by atoms with Crippen molar-refractivity contribution in [2.24, 2.45) is 5.73 Å². The van der Waals surface area contributed by atoms with Crippen molar-refractivity contribution in [3.05, 3.63) is 6.54 Å². The molecule has 0 bridgehead atoms. The Balaban J connectivity index is 2.60. The first-order valence-corrected chi connectivity index (χ1v) is 3.10. The van der Waals surface area contributed by atoms with Gasteiger partial charge in [-0.25, -0.2) is 0 Å². The lowest BCUT2D eigenvalue weighted by Crippen LogP contribution is -2.07. The highest BCUT2D eigenvalue weighted by atomic mass is 16.5. The minimum atomic E-state index is 0.507. The number of hydrogen-bond donors (Lipinski definition) is 1. The van der Waals surface area contributed by atoms with Crippen LogP contribution in [0.4, 0.5) is 0 Å². The fraction of sp³-hybridized carbons (Fsp3) is 0.833. The van der Waals surface area contributed by atoms with Gasteiger partial charge in [0.2, 0.25) is 0 Å². The van der Waals surface area contributed by atoms with E-state index in [1.165, 1.54) is 6.54 Å². The molecule has 1 radical (unpaired) electrons. The van der Waals surface area contributed by atoms with Crippen LogP contribution < -0.4 is 5.73 Å². The Kier molecular flexibility index (Phi) is 7.77. The van der Waals surface area contributed by atoms with E-state index in [0.29, 0.717) is 19.8 Å². The fourth-order valence-corrected chi connectivity index (χ4v) is 0.414. The quantitative estimate of drug-likeness (QED) is 0.523. The van der Waals surface area contributed by atoms with E-state index in [0.717, 1.165) is 6.61 Å². The van der Waals surface area contributed by atoms with Crippen LogP contribution in [0, 0.1) is 6.54 Å². The molecule has 0 saturated heterocycles. The second-order valence-electron chi connectivity index (χ2n) is 1.51. The zero-order valence-corrected chi connectivity index (χ0v) is 5.80. The van der Waals surface area contributed by atoms with Gasteiger partial charge in [0.1, 0.15) is 0 Å². The second-order valence-corrected chi connectivity index (χ2v) is 1.51. The van der Waals surface area contributed by atoms with Crippen LogP contribution in [-0.4, -0.2) is 26.4 Å². The molecule has 0 atom stereocenters. The van der Waals surface area contributed by atoms with Crippen LogP contribution in [-0.2, 0) is 9.47 Å². The van der Waals surface area contributed by atoms with Crippen LogP contribution in [0.25, 0.3) is 0 Å². The molecule has 0 aromatic heterocycles. The summed E-state index contributed by atoms with van der Waals surface area (Å²) in [4.78, 5) is 0. The van der Waals surface area contributed by atoms with Gasteiger partial charge in [0.05, 0.1) is 19.8 Å². The van der Waals surface area contributed by atoms with Crippen LogP contribution in [0.1, 0.15) is 6.92 Å². The minimum absolute atomic E-state index is 0.507. The standard InChI is InChI=1S/C6H14NO2/c1-2-8-5-6-9-4-3-7/h3H,2,4-7H2,1H3. The van der Waals surface area contributed by atoms with Crippen molar-refractivity contribution in [3.63, 3.8) is 0 Å². The zero-order chi connectivity index (χ0) is 6.95. The molecule has 0 rings (SSSR count). The highest BCUT2D eigenvalue weighted by Gasteiger charge is 1.84. The van der Waals surface area contributed by atoms with E-state index in [1.54, 1.807) is 0 Å². The Morgan fingerprint density at radius 1 is 1.33 bits per heavy atom. The summed E-state index contributed by atoms with van der Waals surface area (Å²) in [6.45, 7) is 5.97. The van der Waals surface area contributed by atoms with Gasteiger partial charge in [-0.3, -0.25) is 0 Å². The van der Waals surface area contributed by atoms with Gasteiger partial charge in [0, 0.05) is 13.2 Å². The normalized spacial score (nSPS) is 10.0. The van der Waals surface area contributed by atoms with E-state index < -0.39 is 0 Å². The van der Waals surface area contributed by atoms with Crippen LogP contribution >= 0.6 is 0 Å². The van der Waals surface area contributed by atoms with Crippen LogP contribution in [0.2, 0.25) is 0 Å². The third-order valence-electron chi connectivity index (χ3n) is 0.790. The van der Waals surface area contributed by atoms with Crippen molar-refractivity contribution in [1.29, 1.82) is 0 Å². The number of rotatable bonds is 6. The van der Waals surface area contributed by atoms with E-state index in [1.807, 2.05) is 6.92 Å². The lowest BCUT2D eigenvalue weighted by Gasteiger charge is -2.00. The van der Waals surface area contributed by atoms with E-state index in [9.17, 15) is 0 Å². The Bertz CT molecular complexity index is 44.3. The van der Waals surface area contributed by atoms with Gasteiger partial charge >= 0.3 is 0 Å². The van der Waals surface area contributed by atoms with E-state index >= 15 is 0 Å². The summed E-state index contributed by atoms with van der Waals surface area (Å²) in [5.41, 5.74) is 5.05. The lowest BCUT2D eigenvalue weighted by molar-refractivity contribution is 0.0609. The fourth-order valence-electron chi connectivity index (χ4n) is 0.414. The molecule has 0 aromatic carbocycles. The molecule has 9 heavy (non-hydrogen) atoms. The van der Waals surface area contributed by atoms with Gasteiger partial charge < -0.3 is 15.2 Å². The molecule has 0 saturated carbocycles. The average Bonchev–Trinajstić information content (AvgIpc) is 1.89. The molecule has 0 spiro atoms. The molecule has 3 nitrogen and oxygen atoms in total. The zero-order valence-electron chi connectivity index (χ0n) is 5.80. The van der Waals surface area contributed by atoms with E-state index in [-0.39, 0.29) is 0 Å². The Labute approximate surface area is 56.1 Å². The largest absolute Gasteiger partial charge is 0.379 e. The maximum atomic E-state index is 5.05. The molecular formula is C6H14NO2. The van der Waals surface area contributed by atoms with Crippen LogP contribution in [0.3, 0.4) is 0 Å². The molecule has 0 heterocycles. The predicted octanol–water partition coefficient (Wildman–Crippen LogP) is 0.160. The van der Waals surface area contributed by atoms with E-state index in [2.05, 4.69) is 0 Å². The van der Waals surface area contributed by atoms with Gasteiger partial charge in [-0.2, -0.15) is 0 Å². The summed E-state index contributed by atoms with van der Waals surface area (Å²) in [6, 6.07) is 0. The maximum Gasteiger partial charge on any atom is 0.0701 e. The molecular weight excluding hydrogens is 118 g/mol. The molecule has 0 unspecified atom stereocenters. The first-order chi connectivity index (χ1) is 4.41. The van der Waals surface area contributed by atoms with Crippen LogP contribution in [0.5, 0.6) is 0 Å². The molecule has 0 aliphatic rings. The lowest BCUT2D eigenvalue weighted by atomic mass is 10.7. The van der Waals surface area contributed by atoms with Crippen molar-refractivity contribution in [1.82, 2.24) is 0 Å². The summed E-state index contributed by atoms with van der Waals surface area (Å²) in [7, 11) is 0. The van der Waals surface area contributed by atoms with Gasteiger partial charge in [0.25, 0.3) is 0 Å². The van der Waals surface area contributed by atoms with Crippen molar-refractivity contribution in [2.45, 2.75) is 6.92 Å². The Morgan fingerprint density at radius 3 is 2.56 bits per heavy atom. The minimum Gasteiger partial charge on any atom is -0.379 e. The number of nitrogens with two attached hydrogens (primary N) is 1. The summed E-state index contributed by atoms with van der Waals surface area (Å²) in [5, 5.41) is 0. The Hall–Kier alpha value is -0.120. The highest BCUT2D eigenvalue weighted by molar-refractivity contribution is 4.47. The third kappa shape index (κ3) is 7.88. The van der Waals surface area contributed by atoms with Crippen molar-refractivity contribution in [2.75, 3.05) is 26.4 Å². The molecule has 0 aliphatic carbocycles. The molecule has 55 valence electrons. The SMILES string of the molecule is CCOCCOC[CH]N. The van der Waals surface area contributed by atoms with Gasteiger partial charge in [-0.05, 0) is 6.92 Å². The summed E-state index contributed by atoms with van der Waals surface area (Å²) in [6.07, 6.45) is 0. The molecule has 3 heteroatoms. The highest BCUT2D eigenvalue weighted by Crippen LogP contribution is 1.76. The van der Waals surface area contributed by atoms with Crippen molar-refractivity contribution >= 4 is 0 Å². The predicted molar refractivity (Wildman–Crippen MR) is 35.8 cm³/mol. The summed E-state index contributed by atoms with van der Waals surface area (Å²) >= 11 is 0. The van der Waals surface area contributed by atoms with Gasteiger partial charge in [-0.15, -0.1) is 0 Å². The molecule has 0 aliphatic heterocycles. The topological polar surface area (TPSA) is 44.5 Å². The molecule has 0 aromatic rings. The average molecular weight is 132 g/mol. The third-order valence-corrected chi connectivity index (χ3v) is 0.790. The smallest absolute Gasteiger partial charge is 0.0701 e. The first-order valence-electron chi connectivity index (χ1n) is 3.10. The van der Waals surface area contributed by atoms with Crippen molar-refractivity contribution in [3.8, 4) is 0 Å². The van der Waals surface area contributed by atoms with E-state index in [4.69, 9.17) is 15.2 Å². The summed E-state index contributed by atoms with van der Waals surface area (Å²) < 4.78 is 9.98. The van der Waals surface area contributed by atoms with Gasteiger partial charge in [0.15, 0.2) is 0 Å². The monoisotopic (exact) mass is 132 g/mol.